The van der Waals surface area contributed by atoms with E-state index in [0.717, 1.165) is 18.4 Å². The van der Waals surface area contributed by atoms with Crippen LogP contribution in [-0.2, 0) is 9.84 Å². The van der Waals surface area contributed by atoms with E-state index in [-0.39, 0.29) is 5.03 Å². The molecule has 0 amide bonds. The average molecular weight is 353 g/mol. The summed E-state index contributed by atoms with van der Waals surface area (Å²) in [6, 6.07) is 12.3. The first-order valence-corrected chi connectivity index (χ1v) is 10.7. The third-order valence-corrected chi connectivity index (χ3v) is 6.75. The Hall–Kier alpha value is -1.94. The van der Waals surface area contributed by atoms with Crippen molar-refractivity contribution >= 4 is 21.0 Å². The highest BCUT2D eigenvalue weighted by atomic mass is 32.2. The van der Waals surface area contributed by atoms with Crippen molar-refractivity contribution in [3.05, 3.63) is 59.3 Å². The molecular formula is C21H23NO2S. The van der Waals surface area contributed by atoms with Gasteiger partial charge in [0.1, 0.15) is 0 Å². The molecule has 2 aromatic rings. The van der Waals surface area contributed by atoms with Crippen molar-refractivity contribution < 1.29 is 8.42 Å². The Bertz CT molecular complexity index is 934. The lowest BCUT2D eigenvalue weighted by atomic mass is 9.66. The second-order valence-electron chi connectivity index (χ2n) is 7.69. The first-order chi connectivity index (χ1) is 11.9. The van der Waals surface area contributed by atoms with E-state index in [4.69, 9.17) is 0 Å². The van der Waals surface area contributed by atoms with Gasteiger partial charge in [0.2, 0.25) is 0 Å². The minimum absolute atomic E-state index is 0.144. The number of hydrogen-bond acceptors (Lipinski definition) is 3. The Kier molecular flexibility index (Phi) is 3.84. The predicted molar refractivity (Wildman–Crippen MR) is 101 cm³/mol. The summed E-state index contributed by atoms with van der Waals surface area (Å²) in [6.07, 6.45) is 9.04. The topological polar surface area (TPSA) is 47.0 Å². The maximum absolute atomic E-state index is 11.7. The lowest BCUT2D eigenvalue weighted by Crippen LogP contribution is -2.26. The Balaban J connectivity index is 1.77. The van der Waals surface area contributed by atoms with Gasteiger partial charge in [-0.05, 0) is 66.4 Å². The van der Waals surface area contributed by atoms with E-state index in [1.54, 1.807) is 12.3 Å². The summed E-state index contributed by atoms with van der Waals surface area (Å²) in [5.74, 6) is 0. The van der Waals surface area contributed by atoms with Gasteiger partial charge in [-0.1, -0.05) is 42.3 Å². The molecule has 0 radical (unpaired) electrons. The van der Waals surface area contributed by atoms with E-state index in [1.807, 2.05) is 6.07 Å². The molecule has 0 saturated heterocycles. The largest absolute Gasteiger partial charge is 0.244 e. The summed E-state index contributed by atoms with van der Waals surface area (Å²) in [4.78, 5) is 4.21. The minimum Gasteiger partial charge on any atom is -0.244 e. The predicted octanol–water partition coefficient (Wildman–Crippen LogP) is 4.67. The molecule has 0 aliphatic heterocycles. The van der Waals surface area contributed by atoms with Crippen LogP contribution in [0, 0.1) is 12.3 Å². The van der Waals surface area contributed by atoms with Gasteiger partial charge in [0.05, 0.1) is 0 Å². The second-order valence-corrected chi connectivity index (χ2v) is 9.65. The van der Waals surface area contributed by atoms with Crippen LogP contribution in [0.2, 0.25) is 0 Å². The van der Waals surface area contributed by atoms with Gasteiger partial charge in [0.25, 0.3) is 0 Å². The maximum atomic E-state index is 11.7. The molecule has 0 unspecified atom stereocenters. The van der Waals surface area contributed by atoms with E-state index >= 15 is 0 Å². The number of benzene rings is 1. The number of aromatic nitrogens is 1. The minimum atomic E-state index is -3.26. The molecule has 1 spiro atoms. The molecule has 1 aromatic heterocycles. The summed E-state index contributed by atoms with van der Waals surface area (Å²) in [6.45, 7) is 2.11. The fourth-order valence-electron chi connectivity index (χ4n) is 4.14. The van der Waals surface area contributed by atoms with Crippen molar-refractivity contribution in [2.75, 3.05) is 6.26 Å². The van der Waals surface area contributed by atoms with Crippen molar-refractivity contribution in [3.8, 4) is 0 Å². The molecule has 2 aliphatic rings. The van der Waals surface area contributed by atoms with Crippen molar-refractivity contribution in [3.63, 3.8) is 0 Å². The Morgan fingerprint density at radius 2 is 1.52 bits per heavy atom. The molecule has 1 saturated carbocycles. The number of aryl methyl sites for hydroxylation is 1. The lowest BCUT2D eigenvalue weighted by Gasteiger charge is -2.39. The third kappa shape index (κ3) is 3.04. The first kappa shape index (κ1) is 16.5. The first-order valence-electron chi connectivity index (χ1n) is 8.82. The molecule has 0 N–H and O–H groups in total. The fourth-order valence-corrected chi connectivity index (χ4v) is 4.70. The molecule has 4 rings (SSSR count). The molecule has 2 aliphatic carbocycles. The number of rotatable bonds is 3. The van der Waals surface area contributed by atoms with Crippen LogP contribution < -0.4 is 0 Å². The number of allylic oxidation sites excluding steroid dienone is 2. The van der Waals surface area contributed by atoms with Crippen LogP contribution in [0.25, 0.3) is 11.1 Å². The van der Waals surface area contributed by atoms with Crippen molar-refractivity contribution in [1.29, 1.82) is 0 Å². The van der Waals surface area contributed by atoms with Crippen LogP contribution in [-0.4, -0.2) is 19.7 Å². The van der Waals surface area contributed by atoms with Crippen LogP contribution in [0.3, 0.4) is 0 Å². The average Bonchev–Trinajstić information content (AvgIpc) is 2.96. The van der Waals surface area contributed by atoms with Gasteiger partial charge in [0, 0.05) is 12.5 Å². The van der Waals surface area contributed by atoms with Crippen molar-refractivity contribution in [1.82, 2.24) is 4.98 Å². The van der Waals surface area contributed by atoms with E-state index in [0.29, 0.717) is 5.41 Å². The Labute approximate surface area is 149 Å². The van der Waals surface area contributed by atoms with Gasteiger partial charge in [-0.3, -0.25) is 0 Å². The molecule has 3 nitrogen and oxygen atoms in total. The van der Waals surface area contributed by atoms with Crippen LogP contribution in [0.4, 0.5) is 0 Å². The van der Waals surface area contributed by atoms with Gasteiger partial charge in [-0.15, -0.1) is 0 Å². The third-order valence-electron chi connectivity index (χ3n) is 5.75. The van der Waals surface area contributed by atoms with Crippen LogP contribution in [0.5, 0.6) is 0 Å². The van der Waals surface area contributed by atoms with Crippen molar-refractivity contribution in [2.24, 2.45) is 5.41 Å². The highest BCUT2D eigenvalue weighted by Gasteiger charge is 2.43. The number of nitrogens with zero attached hydrogens (tertiary/aromatic N) is 1. The number of pyridine rings is 1. The zero-order chi connectivity index (χ0) is 17.7. The van der Waals surface area contributed by atoms with Crippen LogP contribution >= 0.6 is 0 Å². The summed E-state index contributed by atoms with van der Waals surface area (Å²) in [5.41, 5.74) is 6.79. The zero-order valence-electron chi connectivity index (χ0n) is 14.7. The summed E-state index contributed by atoms with van der Waals surface area (Å²) >= 11 is 0. The molecule has 0 bridgehead atoms. The summed E-state index contributed by atoms with van der Waals surface area (Å²) in [5, 5.41) is 0.144. The summed E-state index contributed by atoms with van der Waals surface area (Å²) in [7, 11) is -3.26. The lowest BCUT2D eigenvalue weighted by molar-refractivity contribution is 0.157. The molecule has 1 aromatic carbocycles. The second kappa shape index (κ2) is 5.80. The Morgan fingerprint density at radius 1 is 0.920 bits per heavy atom. The smallest absolute Gasteiger partial charge is 0.192 e. The molecule has 1 heterocycles. The van der Waals surface area contributed by atoms with Gasteiger partial charge >= 0.3 is 0 Å². The maximum Gasteiger partial charge on any atom is 0.192 e. The van der Waals surface area contributed by atoms with Gasteiger partial charge in [-0.2, -0.15) is 0 Å². The normalized spacial score (nSPS) is 19.3. The number of sulfone groups is 1. The van der Waals surface area contributed by atoms with E-state index in [1.165, 1.54) is 47.8 Å². The molecule has 4 heteroatoms. The monoisotopic (exact) mass is 353 g/mol. The highest BCUT2D eigenvalue weighted by molar-refractivity contribution is 7.90. The fraction of sp³-hybridized carbons (Fsp3) is 0.381. The van der Waals surface area contributed by atoms with Gasteiger partial charge < -0.3 is 0 Å². The van der Waals surface area contributed by atoms with E-state index < -0.39 is 9.84 Å². The van der Waals surface area contributed by atoms with Gasteiger partial charge in [-0.25, -0.2) is 13.4 Å². The van der Waals surface area contributed by atoms with Crippen LogP contribution in [0.1, 0.15) is 48.8 Å². The van der Waals surface area contributed by atoms with Crippen molar-refractivity contribution in [2.45, 2.75) is 44.1 Å². The van der Waals surface area contributed by atoms with Crippen LogP contribution in [0.15, 0.2) is 47.6 Å². The van der Waals surface area contributed by atoms with Gasteiger partial charge in [0.15, 0.2) is 14.9 Å². The molecule has 1 fully saturated rings. The van der Waals surface area contributed by atoms with E-state index in [9.17, 15) is 8.42 Å². The van der Waals surface area contributed by atoms with E-state index in [2.05, 4.69) is 36.2 Å². The molecule has 0 atom stereocenters. The Morgan fingerprint density at radius 3 is 2.00 bits per heavy atom. The standard InChI is InChI=1S/C21H23NO2S/c1-15-4-6-16(7-5-15)18-12-21(10-3-11-21)13-19(18)17-8-9-20(22-14-17)25(2,23)24/h4-9,14H,3,10-13H2,1-2H3. The molecular weight excluding hydrogens is 330 g/mol. The number of hydrogen-bond donors (Lipinski definition) is 0. The molecule has 25 heavy (non-hydrogen) atoms. The zero-order valence-corrected chi connectivity index (χ0v) is 15.6. The molecule has 130 valence electrons. The highest BCUT2D eigenvalue weighted by Crippen LogP contribution is 2.59. The SMILES string of the molecule is Cc1ccc(C2=C(c3ccc(S(C)(=O)=O)nc3)CC3(CCC3)C2)cc1. The summed E-state index contributed by atoms with van der Waals surface area (Å²) < 4.78 is 23.3. The quantitative estimate of drug-likeness (QED) is 0.806.